The van der Waals surface area contributed by atoms with Gasteiger partial charge in [-0.3, -0.25) is 0 Å². The highest BCUT2D eigenvalue weighted by atomic mass is 16.7. The Bertz CT molecular complexity index is 354. The smallest absolute Gasteiger partial charge is 0.160 e. The van der Waals surface area contributed by atoms with E-state index in [-0.39, 0.29) is 6.29 Å². The van der Waals surface area contributed by atoms with Crippen LogP contribution in [0.3, 0.4) is 0 Å². The molecule has 1 atom stereocenters. The molecule has 0 saturated carbocycles. The lowest BCUT2D eigenvalue weighted by atomic mass is 9.89. The van der Waals surface area contributed by atoms with E-state index >= 15 is 0 Å². The van der Waals surface area contributed by atoms with Crippen molar-refractivity contribution in [3.8, 4) is 0 Å². The topological polar surface area (TPSA) is 18.5 Å². The van der Waals surface area contributed by atoms with E-state index < -0.39 is 0 Å². The van der Waals surface area contributed by atoms with Gasteiger partial charge in [0.1, 0.15) is 0 Å². The van der Waals surface area contributed by atoms with E-state index in [1.165, 1.54) is 122 Å². The maximum absolute atomic E-state index is 6.00. The molecule has 0 aliphatic carbocycles. The van der Waals surface area contributed by atoms with Crippen molar-refractivity contribution in [3.05, 3.63) is 0 Å². The summed E-state index contributed by atoms with van der Waals surface area (Å²) in [6, 6.07) is 0. The van der Waals surface area contributed by atoms with Crippen LogP contribution in [0.25, 0.3) is 0 Å². The summed E-state index contributed by atoms with van der Waals surface area (Å²) in [6.45, 7) is 15.1. The van der Waals surface area contributed by atoms with Crippen molar-refractivity contribution < 1.29 is 9.47 Å². The fraction of sp³-hybridized carbons (Fsp3) is 1.00. The maximum atomic E-state index is 6.00. The Hall–Kier alpha value is -0.0800. The first kappa shape index (κ1) is 31.9. The quantitative estimate of drug-likeness (QED) is 0.107. The van der Waals surface area contributed by atoms with Crippen LogP contribution in [0.1, 0.15) is 164 Å². The molecule has 2 heteroatoms. The molecule has 0 aromatic heterocycles. The van der Waals surface area contributed by atoms with E-state index in [9.17, 15) is 0 Å². The summed E-state index contributed by atoms with van der Waals surface area (Å²) < 4.78 is 12.0. The molecule has 1 unspecified atom stereocenters. The van der Waals surface area contributed by atoms with Crippen molar-refractivity contribution in [3.63, 3.8) is 0 Å². The molecular formula is C30H62O2. The first-order valence-electron chi connectivity index (χ1n) is 14.7. The highest BCUT2D eigenvalue weighted by Gasteiger charge is 2.21. The molecule has 0 aliphatic heterocycles. The van der Waals surface area contributed by atoms with Crippen LogP contribution in [-0.2, 0) is 9.47 Å². The van der Waals surface area contributed by atoms with Gasteiger partial charge in [-0.25, -0.2) is 0 Å². The second kappa shape index (κ2) is 22.7. The summed E-state index contributed by atoms with van der Waals surface area (Å²) in [5.41, 5.74) is 0.510. The molecule has 2 nitrogen and oxygen atoms in total. The van der Waals surface area contributed by atoms with Crippen LogP contribution < -0.4 is 0 Å². The largest absolute Gasteiger partial charge is 0.353 e. The summed E-state index contributed by atoms with van der Waals surface area (Å²) in [7, 11) is 0. The predicted octanol–water partition coefficient (Wildman–Crippen LogP) is 10.5. The maximum Gasteiger partial charge on any atom is 0.160 e. The van der Waals surface area contributed by atoms with Crippen LogP contribution in [-0.4, -0.2) is 19.5 Å². The zero-order chi connectivity index (χ0) is 23.9. The molecule has 0 rings (SSSR count). The monoisotopic (exact) mass is 454 g/mol. The average molecular weight is 455 g/mol. The first-order chi connectivity index (χ1) is 15.4. The average Bonchev–Trinajstić information content (AvgIpc) is 2.74. The van der Waals surface area contributed by atoms with Crippen molar-refractivity contribution in [2.45, 2.75) is 170 Å². The number of hydrogen-bond donors (Lipinski definition) is 0. The van der Waals surface area contributed by atoms with Crippen molar-refractivity contribution >= 4 is 0 Å². The Balaban J connectivity index is 3.95. The number of ether oxygens (including phenoxy) is 2. The van der Waals surface area contributed by atoms with Crippen LogP contribution in [0.5, 0.6) is 0 Å². The lowest BCUT2D eigenvalue weighted by Crippen LogP contribution is -2.27. The standard InChI is InChI=1S/C30H62O2/c1-7-10-11-12-16-19-22-25-28(29(31-8-2)32-9-3)26-23-20-17-14-13-15-18-21-24-27-30(4,5)6/h28-29H,7-27H2,1-6H3. The van der Waals surface area contributed by atoms with E-state index in [0.717, 1.165) is 13.2 Å². The molecule has 0 aliphatic rings. The van der Waals surface area contributed by atoms with Crippen LogP contribution in [0.2, 0.25) is 0 Å². The van der Waals surface area contributed by atoms with Crippen LogP contribution in [0, 0.1) is 11.3 Å². The third kappa shape index (κ3) is 21.7. The third-order valence-corrected chi connectivity index (χ3v) is 6.73. The molecule has 0 fully saturated rings. The summed E-state index contributed by atoms with van der Waals surface area (Å²) in [5, 5.41) is 0. The van der Waals surface area contributed by atoms with E-state index in [1.54, 1.807) is 0 Å². The van der Waals surface area contributed by atoms with Gasteiger partial charge in [0.25, 0.3) is 0 Å². The van der Waals surface area contributed by atoms with Gasteiger partial charge in [0, 0.05) is 19.1 Å². The van der Waals surface area contributed by atoms with Gasteiger partial charge >= 0.3 is 0 Å². The van der Waals surface area contributed by atoms with E-state index in [1.807, 2.05) is 0 Å². The molecule has 0 heterocycles. The number of unbranched alkanes of at least 4 members (excludes halogenated alkanes) is 14. The van der Waals surface area contributed by atoms with Gasteiger partial charge in [-0.05, 0) is 38.5 Å². The minimum Gasteiger partial charge on any atom is -0.353 e. The van der Waals surface area contributed by atoms with Gasteiger partial charge in [-0.15, -0.1) is 0 Å². The molecular weight excluding hydrogens is 392 g/mol. The number of rotatable bonds is 24. The minimum atomic E-state index is 0.0122. The molecule has 194 valence electrons. The Morgan fingerprint density at radius 1 is 0.500 bits per heavy atom. The molecule has 0 radical (unpaired) electrons. The van der Waals surface area contributed by atoms with Gasteiger partial charge in [-0.2, -0.15) is 0 Å². The molecule has 32 heavy (non-hydrogen) atoms. The van der Waals surface area contributed by atoms with Gasteiger partial charge in [0.05, 0.1) is 0 Å². The van der Waals surface area contributed by atoms with Crippen molar-refractivity contribution in [1.29, 1.82) is 0 Å². The molecule has 0 bridgehead atoms. The fourth-order valence-corrected chi connectivity index (χ4v) is 4.73. The predicted molar refractivity (Wildman–Crippen MR) is 143 cm³/mol. The summed E-state index contributed by atoms with van der Waals surface area (Å²) in [4.78, 5) is 0. The Kier molecular flexibility index (Phi) is 22.6. The summed E-state index contributed by atoms with van der Waals surface area (Å²) >= 11 is 0. The van der Waals surface area contributed by atoms with Gasteiger partial charge in [0.2, 0.25) is 0 Å². The van der Waals surface area contributed by atoms with E-state index in [0.29, 0.717) is 11.3 Å². The first-order valence-corrected chi connectivity index (χ1v) is 14.7. The molecule has 0 saturated heterocycles. The Labute approximate surface area is 204 Å². The van der Waals surface area contributed by atoms with Gasteiger partial charge < -0.3 is 9.47 Å². The molecule has 0 spiro atoms. The van der Waals surface area contributed by atoms with Crippen molar-refractivity contribution in [2.24, 2.45) is 11.3 Å². The molecule has 0 aromatic carbocycles. The van der Waals surface area contributed by atoms with Crippen LogP contribution in [0.15, 0.2) is 0 Å². The molecule has 0 N–H and O–H groups in total. The second-order valence-corrected chi connectivity index (χ2v) is 11.2. The lowest BCUT2D eigenvalue weighted by Gasteiger charge is -2.27. The number of hydrogen-bond acceptors (Lipinski definition) is 2. The van der Waals surface area contributed by atoms with Crippen LogP contribution in [0.4, 0.5) is 0 Å². The normalized spacial score (nSPS) is 13.2. The fourth-order valence-electron chi connectivity index (χ4n) is 4.73. The minimum absolute atomic E-state index is 0.0122. The Morgan fingerprint density at radius 2 is 0.875 bits per heavy atom. The Morgan fingerprint density at radius 3 is 1.25 bits per heavy atom. The van der Waals surface area contributed by atoms with Gasteiger partial charge in [0.15, 0.2) is 6.29 Å². The zero-order valence-corrected chi connectivity index (χ0v) is 23.3. The molecule has 0 aromatic rings. The highest BCUT2D eigenvalue weighted by Crippen LogP contribution is 2.26. The molecule has 0 amide bonds. The summed E-state index contributed by atoms with van der Waals surface area (Å²) in [6.07, 6.45) is 26.3. The van der Waals surface area contributed by atoms with Crippen LogP contribution >= 0.6 is 0 Å². The summed E-state index contributed by atoms with van der Waals surface area (Å²) in [5.74, 6) is 0.577. The van der Waals surface area contributed by atoms with Gasteiger partial charge in [-0.1, -0.05) is 130 Å². The zero-order valence-electron chi connectivity index (χ0n) is 23.3. The third-order valence-electron chi connectivity index (χ3n) is 6.73. The van der Waals surface area contributed by atoms with E-state index in [2.05, 4.69) is 41.5 Å². The SMILES string of the molecule is CCCCCCCCCC(CCCCCCCCCCCC(C)(C)C)C(OCC)OCC. The van der Waals surface area contributed by atoms with E-state index in [4.69, 9.17) is 9.47 Å². The highest BCUT2D eigenvalue weighted by molar-refractivity contribution is 4.66. The second-order valence-electron chi connectivity index (χ2n) is 11.2. The lowest BCUT2D eigenvalue weighted by molar-refractivity contribution is -0.170. The van der Waals surface area contributed by atoms with Crippen molar-refractivity contribution in [1.82, 2.24) is 0 Å². The van der Waals surface area contributed by atoms with Crippen molar-refractivity contribution in [2.75, 3.05) is 13.2 Å².